The zero-order chi connectivity index (χ0) is 5.86. The molecule has 42 valence electrons. The molecule has 0 saturated carbocycles. The zero-order valence-electron chi connectivity index (χ0n) is 4.55. The van der Waals surface area contributed by atoms with Crippen LogP contribution in [0.2, 0.25) is 0 Å². The molecule has 1 unspecified atom stereocenters. The number of hydrazone groups is 1. The smallest absolute Gasteiger partial charge is 0.0907 e. The molecule has 0 radical (unpaired) electrons. The Balaban J connectivity index is 3.56. The third kappa shape index (κ3) is 2.17. The number of nitrogens with two attached hydrogens (primary N) is 1. The van der Waals surface area contributed by atoms with Crippen LogP contribution in [0.1, 0.15) is 13.8 Å². The van der Waals surface area contributed by atoms with Crippen LogP contribution >= 0.6 is 0 Å². The maximum atomic E-state index is 8.61. The van der Waals surface area contributed by atoms with Crippen LogP contribution in [0.25, 0.3) is 0 Å². The molecule has 0 aromatic heterocycles. The van der Waals surface area contributed by atoms with Gasteiger partial charge in [0.2, 0.25) is 0 Å². The fourth-order valence-corrected chi connectivity index (χ4v) is 0.108. The summed E-state index contributed by atoms with van der Waals surface area (Å²) in [7, 11) is 0. The van der Waals surface area contributed by atoms with Gasteiger partial charge in [-0.25, -0.2) is 0 Å². The summed E-state index contributed by atoms with van der Waals surface area (Å²) in [5.74, 6) is 4.80. The lowest BCUT2D eigenvalue weighted by Gasteiger charge is -1.97. The second kappa shape index (κ2) is 2.58. The minimum atomic E-state index is -0.509. The van der Waals surface area contributed by atoms with E-state index in [0.717, 1.165) is 0 Å². The van der Waals surface area contributed by atoms with Crippen molar-refractivity contribution in [2.45, 2.75) is 20.0 Å². The van der Waals surface area contributed by atoms with E-state index in [-0.39, 0.29) is 0 Å². The first-order valence-corrected chi connectivity index (χ1v) is 2.11. The van der Waals surface area contributed by atoms with Crippen molar-refractivity contribution in [2.24, 2.45) is 10.9 Å². The van der Waals surface area contributed by atoms with Gasteiger partial charge >= 0.3 is 0 Å². The molecular weight excluding hydrogens is 92.1 g/mol. The van der Waals surface area contributed by atoms with E-state index in [1.165, 1.54) is 0 Å². The minimum Gasteiger partial charge on any atom is -0.387 e. The molecule has 7 heavy (non-hydrogen) atoms. The van der Waals surface area contributed by atoms with E-state index in [2.05, 4.69) is 5.10 Å². The lowest BCUT2D eigenvalue weighted by Crippen LogP contribution is -2.13. The molecule has 3 nitrogen and oxygen atoms in total. The van der Waals surface area contributed by atoms with E-state index in [9.17, 15) is 0 Å². The molecule has 0 heterocycles. The Morgan fingerprint density at radius 3 is 2.29 bits per heavy atom. The fraction of sp³-hybridized carbons (Fsp3) is 0.750. The maximum absolute atomic E-state index is 8.61. The summed E-state index contributed by atoms with van der Waals surface area (Å²) < 4.78 is 0. The highest BCUT2D eigenvalue weighted by Crippen LogP contribution is 1.80. The van der Waals surface area contributed by atoms with E-state index >= 15 is 0 Å². The monoisotopic (exact) mass is 102 g/mol. The van der Waals surface area contributed by atoms with E-state index in [1.54, 1.807) is 13.8 Å². The Labute approximate surface area is 42.8 Å². The SMILES string of the molecule is CC(=NN)C(C)O. The van der Waals surface area contributed by atoms with Crippen molar-refractivity contribution in [2.75, 3.05) is 0 Å². The molecule has 0 spiro atoms. The summed E-state index contributed by atoms with van der Waals surface area (Å²) in [5, 5.41) is 11.9. The number of aliphatic hydroxyl groups excluding tert-OH is 1. The average Bonchev–Trinajstić information content (AvgIpc) is 1.65. The third-order valence-electron chi connectivity index (χ3n) is 0.808. The minimum absolute atomic E-state index is 0.509. The summed E-state index contributed by atoms with van der Waals surface area (Å²) in [6.45, 7) is 3.29. The zero-order valence-corrected chi connectivity index (χ0v) is 4.55. The van der Waals surface area contributed by atoms with Gasteiger partial charge in [0.05, 0.1) is 11.8 Å². The molecule has 3 N–H and O–H groups in total. The van der Waals surface area contributed by atoms with Gasteiger partial charge in [0, 0.05) is 0 Å². The van der Waals surface area contributed by atoms with E-state index < -0.39 is 6.10 Å². The van der Waals surface area contributed by atoms with Crippen molar-refractivity contribution in [1.29, 1.82) is 0 Å². The van der Waals surface area contributed by atoms with Gasteiger partial charge in [-0.1, -0.05) is 0 Å². The van der Waals surface area contributed by atoms with E-state index in [1.807, 2.05) is 0 Å². The van der Waals surface area contributed by atoms with Crippen molar-refractivity contribution < 1.29 is 5.11 Å². The van der Waals surface area contributed by atoms with E-state index in [4.69, 9.17) is 10.9 Å². The Morgan fingerprint density at radius 2 is 2.29 bits per heavy atom. The number of nitrogens with zero attached hydrogens (tertiary/aromatic N) is 1. The molecule has 0 rings (SSSR count). The molecule has 0 amide bonds. The first-order valence-electron chi connectivity index (χ1n) is 2.11. The predicted molar refractivity (Wildman–Crippen MR) is 29.0 cm³/mol. The Morgan fingerprint density at radius 1 is 1.86 bits per heavy atom. The Bertz CT molecular complexity index is 77.8. The summed E-state index contributed by atoms with van der Waals surface area (Å²) in [6.07, 6.45) is -0.509. The van der Waals surface area contributed by atoms with Crippen LogP contribution < -0.4 is 5.84 Å². The van der Waals surface area contributed by atoms with Gasteiger partial charge in [-0.2, -0.15) is 5.10 Å². The molecule has 0 fully saturated rings. The number of rotatable bonds is 1. The quantitative estimate of drug-likeness (QED) is 0.271. The maximum Gasteiger partial charge on any atom is 0.0907 e. The number of hydrogen-bond donors (Lipinski definition) is 2. The topological polar surface area (TPSA) is 58.6 Å². The average molecular weight is 102 g/mol. The molecule has 0 aliphatic rings. The van der Waals surface area contributed by atoms with Crippen LogP contribution in [0.4, 0.5) is 0 Å². The van der Waals surface area contributed by atoms with Gasteiger partial charge < -0.3 is 10.9 Å². The summed E-state index contributed by atoms with van der Waals surface area (Å²) >= 11 is 0. The number of hydrogen-bond acceptors (Lipinski definition) is 3. The standard InChI is InChI=1S/C4H10N2O/c1-3(6-5)4(2)7/h4,7H,5H2,1-2H3. The van der Waals surface area contributed by atoms with Crippen LogP contribution in [-0.4, -0.2) is 16.9 Å². The van der Waals surface area contributed by atoms with Crippen molar-refractivity contribution in [3.8, 4) is 0 Å². The largest absolute Gasteiger partial charge is 0.387 e. The van der Waals surface area contributed by atoms with E-state index in [0.29, 0.717) is 5.71 Å². The highest BCUT2D eigenvalue weighted by Gasteiger charge is 1.95. The lowest BCUT2D eigenvalue weighted by atomic mass is 10.3. The van der Waals surface area contributed by atoms with Gasteiger partial charge in [-0.05, 0) is 13.8 Å². The molecule has 0 bridgehead atoms. The highest BCUT2D eigenvalue weighted by molar-refractivity contribution is 5.85. The second-order valence-electron chi connectivity index (χ2n) is 1.45. The molecule has 0 aliphatic heterocycles. The van der Waals surface area contributed by atoms with Crippen LogP contribution in [0.3, 0.4) is 0 Å². The first kappa shape index (κ1) is 6.43. The van der Waals surface area contributed by atoms with Crippen molar-refractivity contribution in [3.05, 3.63) is 0 Å². The van der Waals surface area contributed by atoms with Gasteiger partial charge in [-0.3, -0.25) is 0 Å². The van der Waals surface area contributed by atoms with Crippen molar-refractivity contribution in [1.82, 2.24) is 0 Å². The molecule has 3 heteroatoms. The summed E-state index contributed by atoms with van der Waals surface area (Å²) in [5.41, 5.74) is 0.556. The predicted octanol–water partition coefficient (Wildman–Crippen LogP) is -0.298. The van der Waals surface area contributed by atoms with Gasteiger partial charge in [0.25, 0.3) is 0 Å². The van der Waals surface area contributed by atoms with Gasteiger partial charge in [0.15, 0.2) is 0 Å². The normalized spacial score (nSPS) is 16.7. The lowest BCUT2D eigenvalue weighted by molar-refractivity contribution is 0.261. The second-order valence-corrected chi connectivity index (χ2v) is 1.45. The van der Waals surface area contributed by atoms with Crippen molar-refractivity contribution in [3.63, 3.8) is 0 Å². The molecule has 0 saturated heterocycles. The van der Waals surface area contributed by atoms with Gasteiger partial charge in [-0.15, -0.1) is 0 Å². The fourth-order valence-electron chi connectivity index (χ4n) is 0.108. The van der Waals surface area contributed by atoms with Gasteiger partial charge in [0.1, 0.15) is 0 Å². The Kier molecular flexibility index (Phi) is 2.37. The van der Waals surface area contributed by atoms with Crippen LogP contribution in [0, 0.1) is 0 Å². The first-order chi connectivity index (χ1) is 3.18. The van der Waals surface area contributed by atoms with Crippen LogP contribution in [0.5, 0.6) is 0 Å². The molecule has 0 aromatic rings. The third-order valence-corrected chi connectivity index (χ3v) is 0.808. The molecule has 1 atom stereocenters. The highest BCUT2D eigenvalue weighted by atomic mass is 16.3. The molecule has 0 aliphatic carbocycles. The van der Waals surface area contributed by atoms with Crippen LogP contribution in [-0.2, 0) is 0 Å². The summed E-state index contributed by atoms with van der Waals surface area (Å²) in [6, 6.07) is 0. The summed E-state index contributed by atoms with van der Waals surface area (Å²) in [4.78, 5) is 0. The number of aliphatic hydroxyl groups is 1. The molecular formula is C4H10N2O. The van der Waals surface area contributed by atoms with Crippen molar-refractivity contribution >= 4 is 5.71 Å². The molecule has 0 aromatic carbocycles. The van der Waals surface area contributed by atoms with Crippen LogP contribution in [0.15, 0.2) is 5.10 Å². The Hall–Kier alpha value is -0.570.